The molecule has 0 spiro atoms. The molecule has 1 aromatic heterocycles. The van der Waals surface area contributed by atoms with Crippen LogP contribution in [-0.4, -0.2) is 11.5 Å². The van der Waals surface area contributed by atoms with Crippen molar-refractivity contribution in [1.29, 1.82) is 0 Å². The zero-order valence-corrected chi connectivity index (χ0v) is 12.2. The molecule has 0 aliphatic carbocycles. The lowest BCUT2D eigenvalue weighted by Crippen LogP contribution is -2.24. The van der Waals surface area contributed by atoms with Crippen LogP contribution in [0.2, 0.25) is 5.02 Å². The molecular formula is C16H18ClFN2. The van der Waals surface area contributed by atoms with Gasteiger partial charge in [0.05, 0.1) is 10.7 Å². The van der Waals surface area contributed by atoms with E-state index in [2.05, 4.69) is 17.2 Å². The number of nitrogens with one attached hydrogen (secondary N) is 1. The van der Waals surface area contributed by atoms with Gasteiger partial charge in [0.25, 0.3) is 0 Å². The first kappa shape index (κ1) is 14.9. The molecule has 2 aromatic rings. The zero-order chi connectivity index (χ0) is 14.4. The predicted molar refractivity (Wildman–Crippen MR) is 80.4 cm³/mol. The summed E-state index contributed by atoms with van der Waals surface area (Å²) in [7, 11) is 0. The first-order chi connectivity index (χ1) is 9.70. The van der Waals surface area contributed by atoms with Crippen LogP contribution < -0.4 is 5.32 Å². The standard InChI is InChI=1S/C16H18ClFN2/c1-2-8-19-15(12-6-4-3-5-7-12)10-16-14(18)9-13(17)11-20-16/h3-7,9,11,15,19H,2,8,10H2,1H3. The molecule has 1 heterocycles. The Balaban J connectivity index is 2.19. The number of halogens is 2. The van der Waals surface area contributed by atoms with Gasteiger partial charge in [0, 0.05) is 18.7 Å². The highest BCUT2D eigenvalue weighted by molar-refractivity contribution is 6.30. The summed E-state index contributed by atoms with van der Waals surface area (Å²) in [6.45, 7) is 2.99. The molecule has 1 N–H and O–H groups in total. The lowest BCUT2D eigenvalue weighted by atomic mass is 10.0. The van der Waals surface area contributed by atoms with E-state index in [1.165, 1.54) is 12.3 Å². The van der Waals surface area contributed by atoms with E-state index >= 15 is 0 Å². The number of aromatic nitrogens is 1. The third-order valence-corrected chi connectivity index (χ3v) is 3.33. The molecule has 0 fully saturated rings. The van der Waals surface area contributed by atoms with Gasteiger partial charge < -0.3 is 5.32 Å². The number of benzene rings is 1. The Hall–Kier alpha value is -1.45. The normalized spacial score (nSPS) is 12.3. The van der Waals surface area contributed by atoms with Crippen molar-refractivity contribution in [2.45, 2.75) is 25.8 Å². The van der Waals surface area contributed by atoms with Crippen LogP contribution in [0.5, 0.6) is 0 Å². The van der Waals surface area contributed by atoms with Crippen LogP contribution in [-0.2, 0) is 6.42 Å². The second-order valence-corrected chi connectivity index (χ2v) is 5.14. The summed E-state index contributed by atoms with van der Waals surface area (Å²) in [6.07, 6.45) is 3.02. The van der Waals surface area contributed by atoms with Crippen LogP contribution in [0.3, 0.4) is 0 Å². The van der Waals surface area contributed by atoms with E-state index in [0.29, 0.717) is 17.1 Å². The van der Waals surface area contributed by atoms with Crippen molar-refractivity contribution in [3.8, 4) is 0 Å². The highest BCUT2D eigenvalue weighted by Gasteiger charge is 2.15. The van der Waals surface area contributed by atoms with Crippen molar-refractivity contribution in [3.05, 3.63) is 64.7 Å². The molecule has 2 nitrogen and oxygen atoms in total. The Morgan fingerprint density at radius 3 is 2.70 bits per heavy atom. The van der Waals surface area contributed by atoms with Gasteiger partial charge in [0.15, 0.2) is 0 Å². The number of hydrogen-bond donors (Lipinski definition) is 1. The molecule has 1 aromatic carbocycles. The molecule has 0 amide bonds. The zero-order valence-electron chi connectivity index (χ0n) is 11.4. The summed E-state index contributed by atoms with van der Waals surface area (Å²) in [5.74, 6) is -0.350. The molecule has 0 radical (unpaired) electrons. The van der Waals surface area contributed by atoms with E-state index in [-0.39, 0.29) is 11.9 Å². The summed E-state index contributed by atoms with van der Waals surface area (Å²) in [4.78, 5) is 4.10. The highest BCUT2D eigenvalue weighted by atomic mass is 35.5. The molecule has 0 aliphatic rings. The Labute approximate surface area is 124 Å². The molecule has 0 bridgehead atoms. The Morgan fingerprint density at radius 2 is 2.05 bits per heavy atom. The summed E-state index contributed by atoms with van der Waals surface area (Å²) in [5.41, 5.74) is 1.57. The summed E-state index contributed by atoms with van der Waals surface area (Å²) < 4.78 is 13.9. The fourth-order valence-electron chi connectivity index (χ4n) is 2.10. The minimum absolute atomic E-state index is 0.0549. The van der Waals surface area contributed by atoms with E-state index < -0.39 is 0 Å². The van der Waals surface area contributed by atoms with Crippen LogP contribution >= 0.6 is 11.6 Å². The molecule has 0 aliphatic heterocycles. The quantitative estimate of drug-likeness (QED) is 0.865. The van der Waals surface area contributed by atoms with Crippen molar-refractivity contribution < 1.29 is 4.39 Å². The molecule has 0 saturated heterocycles. The fraction of sp³-hybridized carbons (Fsp3) is 0.312. The first-order valence-electron chi connectivity index (χ1n) is 6.79. The summed E-state index contributed by atoms with van der Waals surface area (Å²) in [6, 6.07) is 11.4. The summed E-state index contributed by atoms with van der Waals surface area (Å²) >= 11 is 5.74. The lowest BCUT2D eigenvalue weighted by molar-refractivity contribution is 0.505. The number of rotatable bonds is 6. The molecular weight excluding hydrogens is 275 g/mol. The molecule has 106 valence electrons. The van der Waals surface area contributed by atoms with Crippen LogP contribution in [0.1, 0.15) is 30.6 Å². The Bertz CT molecular complexity index is 545. The predicted octanol–water partition coefficient (Wildman–Crippen LogP) is 4.16. The smallest absolute Gasteiger partial charge is 0.146 e. The van der Waals surface area contributed by atoms with E-state index in [0.717, 1.165) is 18.5 Å². The van der Waals surface area contributed by atoms with Crippen molar-refractivity contribution in [2.75, 3.05) is 6.54 Å². The van der Waals surface area contributed by atoms with Gasteiger partial charge in [-0.05, 0) is 24.6 Å². The van der Waals surface area contributed by atoms with Gasteiger partial charge in [-0.25, -0.2) is 4.39 Å². The van der Waals surface area contributed by atoms with Crippen LogP contribution in [0.15, 0.2) is 42.6 Å². The highest BCUT2D eigenvalue weighted by Crippen LogP contribution is 2.20. The maximum absolute atomic E-state index is 13.9. The fourth-order valence-corrected chi connectivity index (χ4v) is 2.24. The monoisotopic (exact) mass is 292 g/mol. The molecule has 0 saturated carbocycles. The third-order valence-electron chi connectivity index (χ3n) is 3.12. The average Bonchev–Trinajstić information content (AvgIpc) is 2.46. The minimum Gasteiger partial charge on any atom is -0.310 e. The van der Waals surface area contributed by atoms with Gasteiger partial charge >= 0.3 is 0 Å². The van der Waals surface area contributed by atoms with Crippen molar-refractivity contribution in [3.63, 3.8) is 0 Å². The van der Waals surface area contributed by atoms with E-state index in [4.69, 9.17) is 11.6 Å². The second kappa shape index (κ2) is 7.36. The van der Waals surface area contributed by atoms with Gasteiger partial charge in [-0.2, -0.15) is 0 Å². The molecule has 1 atom stereocenters. The number of hydrogen-bond acceptors (Lipinski definition) is 2. The topological polar surface area (TPSA) is 24.9 Å². The maximum Gasteiger partial charge on any atom is 0.146 e. The minimum atomic E-state index is -0.350. The maximum atomic E-state index is 13.9. The molecule has 1 unspecified atom stereocenters. The number of pyridine rings is 1. The van der Waals surface area contributed by atoms with Gasteiger partial charge in [0.1, 0.15) is 5.82 Å². The summed E-state index contributed by atoms with van der Waals surface area (Å²) in [5, 5.41) is 3.76. The van der Waals surface area contributed by atoms with Gasteiger partial charge in [-0.3, -0.25) is 4.98 Å². The van der Waals surface area contributed by atoms with E-state index in [1.54, 1.807) is 0 Å². The van der Waals surface area contributed by atoms with Gasteiger partial charge in [0.2, 0.25) is 0 Å². The van der Waals surface area contributed by atoms with Gasteiger partial charge in [-0.15, -0.1) is 0 Å². The third kappa shape index (κ3) is 4.02. The van der Waals surface area contributed by atoms with Crippen molar-refractivity contribution in [2.24, 2.45) is 0 Å². The second-order valence-electron chi connectivity index (χ2n) is 4.70. The average molecular weight is 293 g/mol. The van der Waals surface area contributed by atoms with Gasteiger partial charge in [-0.1, -0.05) is 48.9 Å². The molecule has 4 heteroatoms. The SMILES string of the molecule is CCCNC(Cc1ncc(Cl)cc1F)c1ccccc1. The van der Waals surface area contributed by atoms with Crippen LogP contribution in [0.4, 0.5) is 4.39 Å². The number of nitrogens with zero attached hydrogens (tertiary/aromatic N) is 1. The van der Waals surface area contributed by atoms with Crippen LogP contribution in [0.25, 0.3) is 0 Å². The van der Waals surface area contributed by atoms with Crippen LogP contribution in [0, 0.1) is 5.82 Å². The van der Waals surface area contributed by atoms with E-state index in [1.807, 2.05) is 30.3 Å². The first-order valence-corrected chi connectivity index (χ1v) is 7.16. The Morgan fingerprint density at radius 1 is 1.30 bits per heavy atom. The molecule has 20 heavy (non-hydrogen) atoms. The van der Waals surface area contributed by atoms with Crippen molar-refractivity contribution in [1.82, 2.24) is 10.3 Å². The van der Waals surface area contributed by atoms with Crippen molar-refractivity contribution >= 4 is 11.6 Å². The Kier molecular flexibility index (Phi) is 5.50. The molecule has 2 rings (SSSR count). The largest absolute Gasteiger partial charge is 0.310 e. The lowest BCUT2D eigenvalue weighted by Gasteiger charge is -2.19. The van der Waals surface area contributed by atoms with E-state index in [9.17, 15) is 4.39 Å².